The molecule has 1 N–H and O–H groups in total. The normalized spacial score (nSPS) is 12.6. The van der Waals surface area contributed by atoms with Crippen LogP contribution in [-0.2, 0) is 0 Å². The average Bonchev–Trinajstić information content (AvgIpc) is 2.20. The predicted molar refractivity (Wildman–Crippen MR) is 56.2 cm³/mol. The van der Waals surface area contributed by atoms with Crippen molar-refractivity contribution < 1.29 is 14.2 Å². The Morgan fingerprint density at radius 1 is 1.57 bits per heavy atom. The van der Waals surface area contributed by atoms with Gasteiger partial charge in [0.1, 0.15) is 11.6 Å². The standard InChI is InChI=1S/C10H12BrFO2/c1-6(5-13)7-3-9(12)8(11)4-10(7)14-2/h3-4,6,13H,5H2,1-2H3/t6-/m0/s1. The molecule has 0 aliphatic rings. The van der Waals surface area contributed by atoms with Gasteiger partial charge in [-0.05, 0) is 28.1 Å². The van der Waals surface area contributed by atoms with Gasteiger partial charge in [-0.25, -0.2) is 4.39 Å². The Bertz CT molecular complexity index is 328. The Morgan fingerprint density at radius 2 is 2.21 bits per heavy atom. The third-order valence-electron chi connectivity index (χ3n) is 2.08. The lowest BCUT2D eigenvalue weighted by Gasteiger charge is -2.14. The van der Waals surface area contributed by atoms with Gasteiger partial charge in [0, 0.05) is 18.1 Å². The summed E-state index contributed by atoms with van der Waals surface area (Å²) in [6.45, 7) is 1.78. The smallest absolute Gasteiger partial charge is 0.137 e. The molecule has 78 valence electrons. The highest BCUT2D eigenvalue weighted by Gasteiger charge is 2.13. The molecule has 0 aromatic heterocycles. The molecule has 0 spiro atoms. The van der Waals surface area contributed by atoms with E-state index in [9.17, 15) is 4.39 Å². The molecule has 0 radical (unpaired) electrons. The van der Waals surface area contributed by atoms with Crippen LogP contribution in [0.4, 0.5) is 4.39 Å². The van der Waals surface area contributed by atoms with Gasteiger partial charge in [-0.2, -0.15) is 0 Å². The largest absolute Gasteiger partial charge is 0.496 e. The van der Waals surface area contributed by atoms with Gasteiger partial charge >= 0.3 is 0 Å². The summed E-state index contributed by atoms with van der Waals surface area (Å²) in [5, 5.41) is 8.98. The van der Waals surface area contributed by atoms with E-state index in [1.54, 1.807) is 6.07 Å². The first-order valence-electron chi connectivity index (χ1n) is 4.24. The second kappa shape index (κ2) is 4.75. The van der Waals surface area contributed by atoms with E-state index in [0.29, 0.717) is 15.8 Å². The van der Waals surface area contributed by atoms with Gasteiger partial charge in [-0.1, -0.05) is 6.92 Å². The first kappa shape index (κ1) is 11.5. The Labute approximate surface area is 90.8 Å². The Balaban J connectivity index is 3.19. The van der Waals surface area contributed by atoms with E-state index in [2.05, 4.69) is 15.9 Å². The molecule has 0 saturated heterocycles. The minimum absolute atomic E-state index is 0.0303. The van der Waals surface area contributed by atoms with E-state index in [0.717, 1.165) is 0 Å². The number of aliphatic hydroxyl groups excluding tert-OH is 1. The Morgan fingerprint density at radius 3 is 2.71 bits per heavy atom. The predicted octanol–water partition coefficient (Wildman–Crippen LogP) is 2.69. The molecular formula is C10H12BrFO2. The van der Waals surface area contributed by atoms with Gasteiger partial charge in [0.2, 0.25) is 0 Å². The summed E-state index contributed by atoms with van der Waals surface area (Å²) < 4.78 is 18.7. The zero-order chi connectivity index (χ0) is 10.7. The lowest BCUT2D eigenvalue weighted by atomic mass is 10.0. The highest BCUT2D eigenvalue weighted by atomic mass is 79.9. The first-order valence-corrected chi connectivity index (χ1v) is 5.03. The van der Waals surface area contributed by atoms with E-state index >= 15 is 0 Å². The van der Waals surface area contributed by atoms with Crippen LogP contribution in [-0.4, -0.2) is 18.8 Å². The van der Waals surface area contributed by atoms with Crippen molar-refractivity contribution in [3.8, 4) is 5.75 Å². The maximum atomic E-state index is 13.2. The van der Waals surface area contributed by atoms with Crippen LogP contribution in [0.2, 0.25) is 0 Å². The van der Waals surface area contributed by atoms with Gasteiger partial charge in [-0.3, -0.25) is 0 Å². The van der Waals surface area contributed by atoms with E-state index in [-0.39, 0.29) is 18.3 Å². The summed E-state index contributed by atoms with van der Waals surface area (Å²) >= 11 is 3.07. The third-order valence-corrected chi connectivity index (χ3v) is 2.69. The van der Waals surface area contributed by atoms with Crippen LogP contribution in [0.5, 0.6) is 5.75 Å². The van der Waals surface area contributed by atoms with E-state index in [1.165, 1.54) is 13.2 Å². The molecule has 0 aliphatic heterocycles. The van der Waals surface area contributed by atoms with Crippen molar-refractivity contribution in [2.75, 3.05) is 13.7 Å². The minimum atomic E-state index is -0.346. The van der Waals surface area contributed by atoms with Gasteiger partial charge in [0.15, 0.2) is 0 Å². The summed E-state index contributed by atoms with van der Waals surface area (Å²) in [7, 11) is 1.52. The van der Waals surface area contributed by atoms with Crippen LogP contribution < -0.4 is 4.74 Å². The van der Waals surface area contributed by atoms with Crippen LogP contribution in [0.3, 0.4) is 0 Å². The number of aliphatic hydroxyl groups is 1. The average molecular weight is 263 g/mol. The molecule has 1 atom stereocenters. The fourth-order valence-electron chi connectivity index (χ4n) is 1.20. The maximum Gasteiger partial charge on any atom is 0.137 e. The van der Waals surface area contributed by atoms with E-state index in [4.69, 9.17) is 9.84 Å². The van der Waals surface area contributed by atoms with E-state index in [1.807, 2.05) is 6.92 Å². The van der Waals surface area contributed by atoms with Crippen molar-refractivity contribution in [3.63, 3.8) is 0 Å². The molecule has 4 heteroatoms. The van der Waals surface area contributed by atoms with Crippen molar-refractivity contribution in [2.24, 2.45) is 0 Å². The molecule has 0 fully saturated rings. The van der Waals surface area contributed by atoms with Crippen molar-refractivity contribution in [2.45, 2.75) is 12.8 Å². The topological polar surface area (TPSA) is 29.5 Å². The van der Waals surface area contributed by atoms with E-state index < -0.39 is 0 Å². The molecule has 2 nitrogen and oxygen atoms in total. The molecule has 0 saturated carbocycles. The maximum absolute atomic E-state index is 13.2. The van der Waals surface area contributed by atoms with Crippen molar-refractivity contribution >= 4 is 15.9 Å². The van der Waals surface area contributed by atoms with Crippen LogP contribution in [0.15, 0.2) is 16.6 Å². The van der Waals surface area contributed by atoms with Crippen LogP contribution >= 0.6 is 15.9 Å². The number of rotatable bonds is 3. The first-order chi connectivity index (χ1) is 6.60. The molecule has 0 bridgehead atoms. The zero-order valence-electron chi connectivity index (χ0n) is 8.05. The summed E-state index contributed by atoms with van der Waals surface area (Å²) in [5.41, 5.74) is 0.677. The van der Waals surface area contributed by atoms with Gasteiger partial charge in [0.05, 0.1) is 11.6 Å². The second-order valence-electron chi connectivity index (χ2n) is 3.09. The third kappa shape index (κ3) is 2.25. The number of ether oxygens (including phenoxy) is 1. The number of hydrogen-bond donors (Lipinski definition) is 1. The second-order valence-corrected chi connectivity index (χ2v) is 3.95. The molecule has 1 rings (SSSR count). The molecule has 1 aromatic rings. The molecule has 0 amide bonds. The van der Waals surface area contributed by atoms with Crippen molar-refractivity contribution in [3.05, 3.63) is 28.0 Å². The molecule has 0 aliphatic carbocycles. The Kier molecular flexibility index (Phi) is 3.89. The van der Waals surface area contributed by atoms with Crippen LogP contribution in [0, 0.1) is 5.82 Å². The highest BCUT2D eigenvalue weighted by Crippen LogP contribution is 2.31. The van der Waals surface area contributed by atoms with Gasteiger partial charge < -0.3 is 9.84 Å². The number of methoxy groups -OCH3 is 1. The summed E-state index contributed by atoms with van der Waals surface area (Å²) in [5.74, 6) is 0.105. The lowest BCUT2D eigenvalue weighted by molar-refractivity contribution is 0.269. The van der Waals surface area contributed by atoms with Crippen LogP contribution in [0.25, 0.3) is 0 Å². The summed E-state index contributed by atoms with van der Waals surface area (Å²) in [6.07, 6.45) is 0. The van der Waals surface area contributed by atoms with Crippen LogP contribution in [0.1, 0.15) is 18.4 Å². The lowest BCUT2D eigenvalue weighted by Crippen LogP contribution is -2.02. The quantitative estimate of drug-likeness (QED) is 0.908. The fraction of sp³-hybridized carbons (Fsp3) is 0.400. The van der Waals surface area contributed by atoms with Crippen molar-refractivity contribution in [1.82, 2.24) is 0 Å². The number of benzene rings is 1. The highest BCUT2D eigenvalue weighted by molar-refractivity contribution is 9.10. The SMILES string of the molecule is COc1cc(Br)c(F)cc1[C@@H](C)CO. The molecule has 0 heterocycles. The number of hydrogen-bond acceptors (Lipinski definition) is 2. The monoisotopic (exact) mass is 262 g/mol. The summed E-state index contributed by atoms with van der Waals surface area (Å²) in [6, 6.07) is 2.95. The number of halogens is 2. The molecule has 1 aromatic carbocycles. The van der Waals surface area contributed by atoms with Gasteiger partial charge in [0.25, 0.3) is 0 Å². The Hall–Kier alpha value is -0.610. The summed E-state index contributed by atoms with van der Waals surface area (Å²) in [4.78, 5) is 0. The molecule has 0 unspecified atom stereocenters. The van der Waals surface area contributed by atoms with Gasteiger partial charge in [-0.15, -0.1) is 0 Å². The molecule has 14 heavy (non-hydrogen) atoms. The van der Waals surface area contributed by atoms with Crippen molar-refractivity contribution in [1.29, 1.82) is 0 Å². The fourth-order valence-corrected chi connectivity index (χ4v) is 1.53. The zero-order valence-corrected chi connectivity index (χ0v) is 9.64. The minimum Gasteiger partial charge on any atom is -0.496 e. The molecular weight excluding hydrogens is 251 g/mol.